The fraction of sp³-hybridized carbons (Fsp3) is 0.500. The summed E-state index contributed by atoms with van der Waals surface area (Å²) in [6.07, 6.45) is 6.56. The quantitative estimate of drug-likeness (QED) is 0.684. The summed E-state index contributed by atoms with van der Waals surface area (Å²) in [5, 5.41) is 17.4. The topological polar surface area (TPSA) is 87.6 Å². The van der Waals surface area contributed by atoms with Gasteiger partial charge in [-0.25, -0.2) is 0 Å². The largest absolute Gasteiger partial charge is 0.351 e. The van der Waals surface area contributed by atoms with Crippen LogP contribution in [0.25, 0.3) is 0 Å². The van der Waals surface area contributed by atoms with Crippen LogP contribution in [0.1, 0.15) is 33.7 Å². The molecule has 3 heterocycles. The number of rotatable bonds is 5. The van der Waals surface area contributed by atoms with Gasteiger partial charge in [0.25, 0.3) is 5.91 Å². The number of carbonyl (C=O) groups excluding carboxylic acids is 1. The number of aromatic amines is 1. The van der Waals surface area contributed by atoms with Gasteiger partial charge in [0.1, 0.15) is 0 Å². The lowest BCUT2D eigenvalue weighted by Crippen LogP contribution is -2.29. The van der Waals surface area contributed by atoms with Gasteiger partial charge in [-0.1, -0.05) is 0 Å². The molecule has 0 fully saturated rings. The fourth-order valence-corrected chi connectivity index (χ4v) is 2.59. The molecule has 0 bridgehead atoms. The normalized spacial score (nSPS) is 14.0. The van der Waals surface area contributed by atoms with Crippen LogP contribution in [0, 0.1) is 0 Å². The molecule has 0 unspecified atom stereocenters. The molecule has 0 atom stereocenters. The number of fused-ring (bicyclic) bond motifs is 1. The van der Waals surface area contributed by atoms with Crippen molar-refractivity contribution in [2.45, 2.75) is 25.8 Å². The van der Waals surface area contributed by atoms with E-state index in [-0.39, 0.29) is 5.91 Å². The number of amides is 1. The zero-order valence-corrected chi connectivity index (χ0v) is 12.1. The fourth-order valence-electron chi connectivity index (χ4n) is 2.59. The molecule has 1 aliphatic heterocycles. The molecule has 1 aliphatic rings. The predicted octanol–water partition coefficient (Wildman–Crippen LogP) is 0.152. The zero-order valence-electron chi connectivity index (χ0n) is 12.1. The summed E-state index contributed by atoms with van der Waals surface area (Å²) < 4.78 is 1.79. The van der Waals surface area contributed by atoms with Gasteiger partial charge in [0.2, 0.25) is 0 Å². The van der Waals surface area contributed by atoms with Crippen molar-refractivity contribution < 1.29 is 4.79 Å². The minimum Gasteiger partial charge on any atom is -0.351 e. The van der Waals surface area contributed by atoms with Gasteiger partial charge in [-0.2, -0.15) is 10.2 Å². The van der Waals surface area contributed by atoms with E-state index in [0.717, 1.165) is 37.1 Å². The van der Waals surface area contributed by atoms with Crippen LogP contribution in [-0.4, -0.2) is 39.0 Å². The Balaban J connectivity index is 1.49. The Bertz CT molecular complexity index is 629. The van der Waals surface area contributed by atoms with Gasteiger partial charge in [0.15, 0.2) is 5.69 Å². The molecule has 0 radical (unpaired) electrons. The lowest BCUT2D eigenvalue weighted by atomic mass is 10.1. The molecule has 2 aromatic rings. The smallest absolute Gasteiger partial charge is 0.272 e. The number of H-pyrrole nitrogens is 1. The summed E-state index contributed by atoms with van der Waals surface area (Å²) in [7, 11) is 1.90. The minimum atomic E-state index is -0.0950. The Morgan fingerprint density at radius 1 is 1.52 bits per heavy atom. The summed E-state index contributed by atoms with van der Waals surface area (Å²) >= 11 is 0. The summed E-state index contributed by atoms with van der Waals surface area (Å²) in [5.74, 6) is -0.0950. The van der Waals surface area contributed by atoms with Crippen molar-refractivity contribution in [1.82, 2.24) is 30.6 Å². The van der Waals surface area contributed by atoms with E-state index in [4.69, 9.17) is 0 Å². The molecule has 0 aliphatic carbocycles. The average molecular weight is 288 g/mol. The molecular weight excluding hydrogens is 268 g/mol. The molecule has 2 aromatic heterocycles. The van der Waals surface area contributed by atoms with E-state index in [1.807, 2.05) is 19.4 Å². The van der Waals surface area contributed by atoms with Crippen molar-refractivity contribution >= 4 is 5.91 Å². The second-order valence-electron chi connectivity index (χ2n) is 5.34. The van der Waals surface area contributed by atoms with Crippen molar-refractivity contribution in [2.24, 2.45) is 7.05 Å². The van der Waals surface area contributed by atoms with E-state index >= 15 is 0 Å². The number of nitrogens with zero attached hydrogens (tertiary/aromatic N) is 3. The van der Waals surface area contributed by atoms with Gasteiger partial charge in [-0.15, -0.1) is 0 Å². The zero-order chi connectivity index (χ0) is 14.7. The number of aryl methyl sites for hydroxylation is 2. The van der Waals surface area contributed by atoms with Gasteiger partial charge >= 0.3 is 0 Å². The number of hydrogen-bond acceptors (Lipinski definition) is 4. The van der Waals surface area contributed by atoms with Gasteiger partial charge in [0.05, 0.1) is 6.20 Å². The van der Waals surface area contributed by atoms with Gasteiger partial charge in [0, 0.05) is 50.6 Å². The Morgan fingerprint density at radius 2 is 2.43 bits per heavy atom. The first kappa shape index (κ1) is 13.8. The molecule has 7 heteroatoms. The maximum absolute atomic E-state index is 12.2. The highest BCUT2D eigenvalue weighted by Gasteiger charge is 2.20. The van der Waals surface area contributed by atoms with E-state index in [0.29, 0.717) is 18.8 Å². The molecule has 3 rings (SSSR count). The van der Waals surface area contributed by atoms with Crippen LogP contribution >= 0.6 is 0 Å². The summed E-state index contributed by atoms with van der Waals surface area (Å²) in [5.41, 5.74) is 3.80. The lowest BCUT2D eigenvalue weighted by molar-refractivity contribution is 0.0947. The first-order valence-electron chi connectivity index (χ1n) is 7.26. The highest BCUT2D eigenvalue weighted by atomic mass is 16.1. The number of aromatic nitrogens is 4. The maximum Gasteiger partial charge on any atom is 0.272 e. The molecule has 1 amide bonds. The molecule has 7 nitrogen and oxygen atoms in total. The predicted molar refractivity (Wildman–Crippen MR) is 77.9 cm³/mol. The van der Waals surface area contributed by atoms with Gasteiger partial charge < -0.3 is 10.6 Å². The Kier molecular flexibility index (Phi) is 4.01. The Labute approximate surface area is 123 Å². The SMILES string of the molecule is Cn1cc(CCCNC(=O)c2n[nH]c3c2CNCC3)cn1. The average Bonchev–Trinajstić information content (AvgIpc) is 3.09. The molecule has 0 spiro atoms. The number of nitrogens with one attached hydrogen (secondary N) is 3. The van der Waals surface area contributed by atoms with Crippen LogP contribution in [-0.2, 0) is 26.4 Å². The van der Waals surface area contributed by atoms with E-state index in [1.54, 1.807) is 4.68 Å². The summed E-state index contributed by atoms with van der Waals surface area (Å²) in [4.78, 5) is 12.2. The molecule has 21 heavy (non-hydrogen) atoms. The monoisotopic (exact) mass is 288 g/mol. The Morgan fingerprint density at radius 3 is 3.24 bits per heavy atom. The van der Waals surface area contributed by atoms with Crippen LogP contribution in [0.15, 0.2) is 12.4 Å². The van der Waals surface area contributed by atoms with Crippen LogP contribution in [0.4, 0.5) is 0 Å². The number of hydrogen-bond donors (Lipinski definition) is 3. The molecule has 0 aromatic carbocycles. The van der Waals surface area contributed by atoms with Crippen molar-refractivity contribution in [3.63, 3.8) is 0 Å². The van der Waals surface area contributed by atoms with E-state index in [1.165, 1.54) is 5.56 Å². The van der Waals surface area contributed by atoms with E-state index in [2.05, 4.69) is 25.9 Å². The van der Waals surface area contributed by atoms with E-state index in [9.17, 15) is 4.79 Å². The molecule has 0 saturated heterocycles. The standard InChI is InChI=1S/C14H20N6O/c1-20-9-10(7-17-20)3-2-5-16-14(21)13-11-8-15-6-4-12(11)18-19-13/h7,9,15H,2-6,8H2,1H3,(H,16,21)(H,18,19). The van der Waals surface area contributed by atoms with Crippen molar-refractivity contribution in [3.05, 3.63) is 34.9 Å². The minimum absolute atomic E-state index is 0.0950. The van der Waals surface area contributed by atoms with Gasteiger partial charge in [-0.3, -0.25) is 14.6 Å². The molecular formula is C14H20N6O. The third-order valence-electron chi connectivity index (χ3n) is 3.71. The van der Waals surface area contributed by atoms with Crippen molar-refractivity contribution in [3.8, 4) is 0 Å². The van der Waals surface area contributed by atoms with Crippen LogP contribution in [0.5, 0.6) is 0 Å². The summed E-state index contributed by atoms with van der Waals surface area (Å²) in [6.45, 7) is 2.29. The second kappa shape index (κ2) is 6.09. The first-order valence-corrected chi connectivity index (χ1v) is 7.26. The third kappa shape index (κ3) is 3.13. The molecule has 0 saturated carbocycles. The van der Waals surface area contributed by atoms with Crippen molar-refractivity contribution in [1.29, 1.82) is 0 Å². The summed E-state index contributed by atoms with van der Waals surface area (Å²) in [6, 6.07) is 0. The molecule has 112 valence electrons. The third-order valence-corrected chi connectivity index (χ3v) is 3.71. The van der Waals surface area contributed by atoms with Crippen molar-refractivity contribution in [2.75, 3.05) is 13.1 Å². The molecule has 3 N–H and O–H groups in total. The lowest BCUT2D eigenvalue weighted by Gasteiger charge is -2.12. The van der Waals surface area contributed by atoms with Crippen LogP contribution in [0.3, 0.4) is 0 Å². The second-order valence-corrected chi connectivity index (χ2v) is 5.34. The number of carbonyl (C=O) groups is 1. The van der Waals surface area contributed by atoms with Crippen LogP contribution in [0.2, 0.25) is 0 Å². The van der Waals surface area contributed by atoms with Crippen LogP contribution < -0.4 is 10.6 Å². The highest BCUT2D eigenvalue weighted by molar-refractivity contribution is 5.94. The van der Waals surface area contributed by atoms with Gasteiger partial charge in [-0.05, 0) is 18.4 Å². The first-order chi connectivity index (χ1) is 10.2. The Hall–Kier alpha value is -2.15. The maximum atomic E-state index is 12.2. The van der Waals surface area contributed by atoms with E-state index < -0.39 is 0 Å². The highest BCUT2D eigenvalue weighted by Crippen LogP contribution is 2.15.